The Morgan fingerprint density at radius 2 is 1.50 bits per heavy atom. The summed E-state index contributed by atoms with van der Waals surface area (Å²) in [5, 5.41) is 2.93. The normalized spacial score (nSPS) is 16.1. The lowest BCUT2D eigenvalue weighted by Crippen LogP contribution is -2.53. The van der Waals surface area contributed by atoms with Crippen LogP contribution in [-0.2, 0) is 22.6 Å². The molecule has 0 spiro atoms. The molecule has 2 fully saturated rings. The van der Waals surface area contributed by atoms with E-state index in [4.69, 9.17) is 9.15 Å². The lowest BCUT2D eigenvalue weighted by atomic mass is 9.87. The summed E-state index contributed by atoms with van der Waals surface area (Å²) in [6.07, 6.45) is 7.70. The van der Waals surface area contributed by atoms with Gasteiger partial charge in [0.2, 0.25) is 11.7 Å². The van der Waals surface area contributed by atoms with Gasteiger partial charge in [-0.3, -0.25) is 14.5 Å². The van der Waals surface area contributed by atoms with E-state index >= 15 is 0 Å². The maximum atomic E-state index is 14.1. The van der Waals surface area contributed by atoms with Gasteiger partial charge < -0.3 is 19.4 Å². The highest BCUT2D eigenvalue weighted by Crippen LogP contribution is 2.28. The van der Waals surface area contributed by atoms with Crippen LogP contribution >= 0.6 is 0 Å². The molecule has 0 radical (unpaired) electrons. The van der Waals surface area contributed by atoms with Gasteiger partial charge in [0, 0.05) is 25.6 Å². The topological polar surface area (TPSA) is 122 Å². The van der Waals surface area contributed by atoms with Crippen LogP contribution in [-0.4, -0.2) is 64.3 Å². The number of nitrogens with one attached hydrogen (secondary N) is 1. The lowest BCUT2D eigenvalue weighted by molar-refractivity contribution is -0.134. The number of ketones is 1. The number of Topliss-reactive ketones (excluding diaryl/α,β-unsaturated/α-hetero) is 1. The molecule has 1 aliphatic carbocycles. The second-order valence-electron chi connectivity index (χ2n) is 13.5. The Labute approximate surface area is 293 Å². The van der Waals surface area contributed by atoms with Crippen molar-refractivity contribution in [2.24, 2.45) is 11.8 Å². The maximum Gasteiger partial charge on any atom is 0.410 e. The molecule has 0 unspecified atom stereocenters. The van der Waals surface area contributed by atoms with E-state index in [1.807, 2.05) is 72.8 Å². The summed E-state index contributed by atoms with van der Waals surface area (Å²) >= 11 is 0. The molecule has 1 saturated heterocycles. The van der Waals surface area contributed by atoms with Crippen LogP contribution in [0, 0.1) is 11.8 Å². The number of carbonyl (C=O) groups excluding carboxylic acids is 4. The average Bonchev–Trinajstić information content (AvgIpc) is 3.61. The molecule has 262 valence electrons. The monoisotopic (exact) mass is 678 g/mol. The summed E-state index contributed by atoms with van der Waals surface area (Å²) in [6.45, 7) is 1.18. The number of hydrogen-bond donors (Lipinski definition) is 1. The number of oxazole rings is 1. The van der Waals surface area contributed by atoms with Crippen molar-refractivity contribution in [2.75, 3.05) is 19.6 Å². The summed E-state index contributed by atoms with van der Waals surface area (Å²) in [5.41, 5.74) is 2.98. The maximum absolute atomic E-state index is 14.1. The number of carbonyl (C=O) groups is 4. The van der Waals surface area contributed by atoms with Gasteiger partial charge in [0.1, 0.15) is 12.1 Å². The van der Waals surface area contributed by atoms with E-state index in [9.17, 15) is 19.2 Å². The molecular formula is C40H46N4O6. The zero-order valence-corrected chi connectivity index (χ0v) is 28.5. The summed E-state index contributed by atoms with van der Waals surface area (Å²) < 4.78 is 11.3. The molecule has 1 N–H and O–H groups in total. The molecule has 2 aliphatic rings. The first-order chi connectivity index (χ1) is 24.4. The standard InChI is InChI=1S/C40H46N4O6/c45-36(37-41-33-18-10-11-19-35(33)50-37)34(21-20-29-12-4-1-5-13-29)42-39(47)44(27-22-30-14-6-2-7-15-30)38(46)32-23-25-43(26-24-32)40(48)49-28-31-16-8-3-9-17-31/h1,3-5,8-13,16-19,30,32,34H,2,6-7,14-15,20-28H2,(H,42,47)/t34-/m0/s1. The van der Waals surface area contributed by atoms with E-state index in [1.165, 1.54) is 11.3 Å². The number of nitrogens with zero attached hydrogens (tertiary/aromatic N) is 3. The van der Waals surface area contributed by atoms with E-state index in [2.05, 4.69) is 10.3 Å². The predicted molar refractivity (Wildman–Crippen MR) is 189 cm³/mol. The molecule has 1 aliphatic heterocycles. The van der Waals surface area contributed by atoms with Gasteiger partial charge in [-0.15, -0.1) is 0 Å². The van der Waals surface area contributed by atoms with Gasteiger partial charge in [0.25, 0.3) is 5.89 Å². The number of para-hydroxylation sites is 2. The van der Waals surface area contributed by atoms with Crippen molar-refractivity contribution in [2.45, 2.75) is 76.9 Å². The number of imide groups is 1. The number of likely N-dealkylation sites (tertiary alicyclic amines) is 1. The van der Waals surface area contributed by atoms with E-state index in [0.717, 1.165) is 43.2 Å². The predicted octanol–water partition coefficient (Wildman–Crippen LogP) is 7.57. The molecular weight excluding hydrogens is 632 g/mol. The second-order valence-corrected chi connectivity index (χ2v) is 13.5. The van der Waals surface area contributed by atoms with Crippen molar-refractivity contribution in [1.82, 2.24) is 20.1 Å². The smallest absolute Gasteiger partial charge is 0.410 e. The van der Waals surface area contributed by atoms with Crippen molar-refractivity contribution < 1.29 is 28.3 Å². The molecule has 0 bridgehead atoms. The number of benzene rings is 3. The molecule has 50 heavy (non-hydrogen) atoms. The third kappa shape index (κ3) is 9.16. The van der Waals surface area contributed by atoms with Crippen LogP contribution < -0.4 is 5.32 Å². The van der Waals surface area contributed by atoms with Gasteiger partial charge in [0.05, 0.1) is 6.04 Å². The number of urea groups is 1. The Morgan fingerprint density at radius 1 is 0.840 bits per heavy atom. The van der Waals surface area contributed by atoms with Crippen LogP contribution in [0.5, 0.6) is 0 Å². The quantitative estimate of drug-likeness (QED) is 0.153. The van der Waals surface area contributed by atoms with Crippen LogP contribution in [0.2, 0.25) is 0 Å². The number of rotatable bonds is 12. The minimum Gasteiger partial charge on any atom is -0.445 e. The van der Waals surface area contributed by atoms with Crippen molar-refractivity contribution in [3.63, 3.8) is 0 Å². The van der Waals surface area contributed by atoms with Crippen LogP contribution in [0.4, 0.5) is 9.59 Å². The van der Waals surface area contributed by atoms with Crippen molar-refractivity contribution in [3.05, 3.63) is 102 Å². The number of fused-ring (bicyclic) bond motifs is 1. The summed E-state index contributed by atoms with van der Waals surface area (Å²) in [5.74, 6) is -0.764. The highest BCUT2D eigenvalue weighted by Gasteiger charge is 2.36. The Balaban J connectivity index is 1.14. The first kappa shape index (κ1) is 34.9. The zero-order chi connectivity index (χ0) is 34.7. The number of amides is 4. The van der Waals surface area contributed by atoms with Gasteiger partial charge >= 0.3 is 12.1 Å². The number of piperidine rings is 1. The van der Waals surface area contributed by atoms with Gasteiger partial charge in [-0.1, -0.05) is 105 Å². The molecule has 6 rings (SSSR count). The largest absolute Gasteiger partial charge is 0.445 e. The SMILES string of the molecule is O=C(c1nc2ccccc2o1)[C@H](CCc1ccccc1)NC(=O)N(CCC1CCCCC1)C(=O)C1CCN(C(=O)OCc2ccccc2)CC1. The molecule has 2 heterocycles. The number of hydrogen-bond acceptors (Lipinski definition) is 7. The molecule has 4 aromatic rings. The van der Waals surface area contributed by atoms with Crippen molar-refractivity contribution in [1.29, 1.82) is 0 Å². The Morgan fingerprint density at radius 3 is 2.20 bits per heavy atom. The van der Waals surface area contributed by atoms with Crippen LogP contribution in [0.15, 0.2) is 89.3 Å². The third-order valence-corrected chi connectivity index (χ3v) is 9.99. The minimum atomic E-state index is -0.956. The number of ether oxygens (including phenoxy) is 1. The molecule has 3 aromatic carbocycles. The lowest BCUT2D eigenvalue weighted by Gasteiger charge is -2.34. The van der Waals surface area contributed by atoms with Gasteiger partial charge in [-0.25, -0.2) is 14.6 Å². The van der Waals surface area contributed by atoms with Crippen LogP contribution in [0.3, 0.4) is 0 Å². The van der Waals surface area contributed by atoms with E-state index in [1.54, 1.807) is 17.0 Å². The summed E-state index contributed by atoms with van der Waals surface area (Å²) in [4.78, 5) is 62.3. The Bertz CT molecular complexity index is 1700. The highest BCUT2D eigenvalue weighted by atomic mass is 16.6. The summed E-state index contributed by atoms with van der Waals surface area (Å²) in [6, 6.07) is 24.9. The van der Waals surface area contributed by atoms with Gasteiger partial charge in [0.15, 0.2) is 5.58 Å². The molecule has 1 saturated carbocycles. The highest BCUT2D eigenvalue weighted by molar-refractivity contribution is 6.02. The fourth-order valence-electron chi connectivity index (χ4n) is 7.02. The first-order valence-electron chi connectivity index (χ1n) is 18.0. The minimum absolute atomic E-state index is 0.0730. The van der Waals surface area contributed by atoms with Crippen molar-refractivity contribution in [3.8, 4) is 0 Å². The molecule has 1 atom stereocenters. The summed E-state index contributed by atoms with van der Waals surface area (Å²) in [7, 11) is 0. The van der Waals surface area contributed by atoms with Crippen LogP contribution in [0.1, 0.15) is 79.6 Å². The fourth-order valence-corrected chi connectivity index (χ4v) is 7.02. The first-order valence-corrected chi connectivity index (χ1v) is 18.0. The van der Waals surface area contributed by atoms with E-state index < -0.39 is 29.9 Å². The number of aryl methyl sites for hydroxylation is 1. The Hall–Kier alpha value is -4.99. The molecule has 4 amide bonds. The zero-order valence-electron chi connectivity index (χ0n) is 28.5. The molecule has 10 heteroatoms. The second kappa shape index (κ2) is 17.1. The van der Waals surface area contributed by atoms with Gasteiger partial charge in [-0.05, 0) is 61.3 Å². The van der Waals surface area contributed by atoms with E-state index in [-0.39, 0.29) is 24.9 Å². The fraction of sp³-hybridized carbons (Fsp3) is 0.425. The molecule has 1 aromatic heterocycles. The van der Waals surface area contributed by atoms with Crippen molar-refractivity contribution >= 4 is 34.9 Å². The third-order valence-electron chi connectivity index (χ3n) is 9.99. The average molecular weight is 679 g/mol. The molecule has 10 nitrogen and oxygen atoms in total. The van der Waals surface area contributed by atoms with Gasteiger partial charge in [-0.2, -0.15) is 0 Å². The van der Waals surface area contributed by atoms with E-state index in [0.29, 0.717) is 55.8 Å². The Kier molecular flexibility index (Phi) is 11.9. The number of aromatic nitrogens is 1. The van der Waals surface area contributed by atoms with Crippen LogP contribution in [0.25, 0.3) is 11.1 Å².